The van der Waals surface area contributed by atoms with Gasteiger partial charge in [-0.1, -0.05) is 11.6 Å². The first kappa shape index (κ1) is 11.9. The standard InChI is InChI=1S/C14H11ClN4/c1-9-7-10(15)4-5-12(9)19-14-11-3-2-6-16-13(11)17-8-18-14/h2-8H,1H3,(H,16,17,18,19). The van der Waals surface area contributed by atoms with Crippen molar-refractivity contribution in [2.45, 2.75) is 6.92 Å². The summed E-state index contributed by atoms with van der Waals surface area (Å²) in [5.74, 6) is 0.739. The molecule has 3 rings (SSSR count). The highest BCUT2D eigenvalue weighted by Crippen LogP contribution is 2.25. The minimum Gasteiger partial charge on any atom is -0.339 e. The third kappa shape index (κ3) is 2.35. The van der Waals surface area contributed by atoms with E-state index in [1.165, 1.54) is 6.33 Å². The summed E-state index contributed by atoms with van der Waals surface area (Å²) >= 11 is 5.95. The molecule has 2 aromatic heterocycles. The molecule has 1 N–H and O–H groups in total. The van der Waals surface area contributed by atoms with E-state index >= 15 is 0 Å². The van der Waals surface area contributed by atoms with E-state index in [1.807, 2.05) is 37.3 Å². The first-order chi connectivity index (χ1) is 9.24. The van der Waals surface area contributed by atoms with Gasteiger partial charge in [0.2, 0.25) is 0 Å². The molecule has 0 bridgehead atoms. The molecule has 94 valence electrons. The molecule has 0 atom stereocenters. The third-order valence-electron chi connectivity index (χ3n) is 2.85. The van der Waals surface area contributed by atoms with Gasteiger partial charge >= 0.3 is 0 Å². The number of hydrogen-bond acceptors (Lipinski definition) is 4. The molecule has 0 radical (unpaired) electrons. The predicted octanol–water partition coefficient (Wildman–Crippen LogP) is 3.73. The Kier molecular flexibility index (Phi) is 3.01. The van der Waals surface area contributed by atoms with Crippen molar-refractivity contribution in [2.24, 2.45) is 0 Å². The van der Waals surface area contributed by atoms with Gasteiger partial charge in [-0.25, -0.2) is 15.0 Å². The topological polar surface area (TPSA) is 50.7 Å². The molecule has 0 fully saturated rings. The SMILES string of the molecule is Cc1cc(Cl)ccc1Nc1ncnc2ncccc12. The summed E-state index contributed by atoms with van der Waals surface area (Å²) in [6, 6.07) is 9.49. The van der Waals surface area contributed by atoms with E-state index in [4.69, 9.17) is 11.6 Å². The number of rotatable bonds is 2. The van der Waals surface area contributed by atoms with Crippen LogP contribution in [0.1, 0.15) is 5.56 Å². The van der Waals surface area contributed by atoms with Gasteiger partial charge in [0.05, 0.1) is 5.39 Å². The fraction of sp³-hybridized carbons (Fsp3) is 0.0714. The van der Waals surface area contributed by atoms with E-state index < -0.39 is 0 Å². The molecule has 0 unspecified atom stereocenters. The van der Waals surface area contributed by atoms with Crippen LogP contribution in [-0.2, 0) is 0 Å². The van der Waals surface area contributed by atoms with Crippen molar-refractivity contribution >= 4 is 34.1 Å². The van der Waals surface area contributed by atoms with Crippen LogP contribution in [0.2, 0.25) is 5.02 Å². The molecule has 0 saturated heterocycles. The number of pyridine rings is 1. The number of benzene rings is 1. The molecular formula is C14H11ClN4. The highest BCUT2D eigenvalue weighted by molar-refractivity contribution is 6.30. The summed E-state index contributed by atoms with van der Waals surface area (Å²) in [5.41, 5.74) is 2.70. The van der Waals surface area contributed by atoms with Crippen LogP contribution >= 0.6 is 11.6 Å². The average molecular weight is 271 g/mol. The van der Waals surface area contributed by atoms with Gasteiger partial charge in [0.25, 0.3) is 0 Å². The van der Waals surface area contributed by atoms with Gasteiger partial charge in [0.15, 0.2) is 5.65 Å². The summed E-state index contributed by atoms with van der Waals surface area (Å²) in [6.45, 7) is 2.00. The maximum Gasteiger partial charge on any atom is 0.164 e. The first-order valence-electron chi connectivity index (χ1n) is 5.83. The Morgan fingerprint density at radius 1 is 1.11 bits per heavy atom. The zero-order valence-electron chi connectivity index (χ0n) is 10.3. The van der Waals surface area contributed by atoms with Crippen molar-refractivity contribution in [2.75, 3.05) is 5.32 Å². The fourth-order valence-electron chi connectivity index (χ4n) is 1.89. The van der Waals surface area contributed by atoms with E-state index in [0.29, 0.717) is 5.65 Å². The number of nitrogens with one attached hydrogen (secondary N) is 1. The van der Waals surface area contributed by atoms with Gasteiger partial charge in [-0.2, -0.15) is 0 Å². The Hall–Kier alpha value is -2.20. The van der Waals surface area contributed by atoms with Crippen LogP contribution in [0.15, 0.2) is 42.9 Å². The Morgan fingerprint density at radius 3 is 2.84 bits per heavy atom. The van der Waals surface area contributed by atoms with E-state index in [-0.39, 0.29) is 0 Å². The van der Waals surface area contributed by atoms with Crippen LogP contribution in [0.5, 0.6) is 0 Å². The number of nitrogens with zero attached hydrogens (tertiary/aromatic N) is 3. The first-order valence-corrected chi connectivity index (χ1v) is 6.21. The molecule has 0 spiro atoms. The Labute approximate surface area is 115 Å². The second kappa shape index (κ2) is 4.82. The number of aromatic nitrogens is 3. The van der Waals surface area contributed by atoms with Gasteiger partial charge in [0.1, 0.15) is 12.1 Å². The zero-order valence-corrected chi connectivity index (χ0v) is 11.0. The molecule has 5 heteroatoms. The highest BCUT2D eigenvalue weighted by atomic mass is 35.5. The minimum absolute atomic E-state index is 0.673. The summed E-state index contributed by atoms with van der Waals surface area (Å²) in [5, 5.41) is 4.90. The molecule has 4 nitrogen and oxygen atoms in total. The van der Waals surface area contributed by atoms with Gasteiger partial charge in [0, 0.05) is 16.9 Å². The van der Waals surface area contributed by atoms with Crippen molar-refractivity contribution in [1.29, 1.82) is 0 Å². The molecule has 0 saturated carbocycles. The van der Waals surface area contributed by atoms with Crippen LogP contribution in [-0.4, -0.2) is 15.0 Å². The number of fused-ring (bicyclic) bond motifs is 1. The van der Waals surface area contributed by atoms with E-state index in [9.17, 15) is 0 Å². The minimum atomic E-state index is 0.673. The highest BCUT2D eigenvalue weighted by Gasteiger charge is 2.06. The van der Waals surface area contributed by atoms with Crippen LogP contribution in [0, 0.1) is 6.92 Å². The quantitative estimate of drug-likeness (QED) is 0.771. The van der Waals surface area contributed by atoms with Gasteiger partial charge in [-0.15, -0.1) is 0 Å². The van der Waals surface area contributed by atoms with Crippen LogP contribution < -0.4 is 5.32 Å². The van der Waals surface area contributed by atoms with Crippen LogP contribution in [0.3, 0.4) is 0 Å². The molecule has 3 aromatic rings. The third-order valence-corrected chi connectivity index (χ3v) is 3.09. The number of aryl methyl sites for hydroxylation is 1. The fourth-order valence-corrected chi connectivity index (χ4v) is 2.12. The molecule has 0 aliphatic heterocycles. The lowest BCUT2D eigenvalue weighted by molar-refractivity contribution is 1.18. The van der Waals surface area contributed by atoms with Gasteiger partial charge in [-0.05, 0) is 42.8 Å². The average Bonchev–Trinajstić information content (AvgIpc) is 2.42. The lowest BCUT2D eigenvalue weighted by Crippen LogP contribution is -1.98. The molecule has 19 heavy (non-hydrogen) atoms. The number of anilines is 2. The van der Waals surface area contributed by atoms with Crippen LogP contribution in [0.4, 0.5) is 11.5 Å². The van der Waals surface area contributed by atoms with Crippen molar-refractivity contribution in [3.63, 3.8) is 0 Å². The van der Waals surface area contributed by atoms with E-state index in [2.05, 4.69) is 20.3 Å². The lowest BCUT2D eigenvalue weighted by atomic mass is 10.2. The maximum atomic E-state index is 5.95. The Morgan fingerprint density at radius 2 is 2.00 bits per heavy atom. The number of halogens is 1. The number of hydrogen-bond donors (Lipinski definition) is 1. The maximum absolute atomic E-state index is 5.95. The largest absolute Gasteiger partial charge is 0.339 e. The van der Waals surface area contributed by atoms with Crippen molar-refractivity contribution in [1.82, 2.24) is 15.0 Å². The van der Waals surface area contributed by atoms with Crippen molar-refractivity contribution in [3.05, 3.63) is 53.4 Å². The second-order valence-corrected chi connectivity index (χ2v) is 4.62. The van der Waals surface area contributed by atoms with Crippen molar-refractivity contribution in [3.8, 4) is 0 Å². The predicted molar refractivity (Wildman–Crippen MR) is 76.8 cm³/mol. The molecule has 0 aliphatic rings. The Balaban J connectivity index is 2.06. The van der Waals surface area contributed by atoms with E-state index in [0.717, 1.165) is 27.5 Å². The summed E-state index contributed by atoms with van der Waals surface area (Å²) in [7, 11) is 0. The molecule has 0 amide bonds. The Bertz CT molecular complexity index is 737. The van der Waals surface area contributed by atoms with Crippen molar-refractivity contribution < 1.29 is 0 Å². The molecular weight excluding hydrogens is 260 g/mol. The summed E-state index contributed by atoms with van der Waals surface area (Å²) in [4.78, 5) is 12.6. The van der Waals surface area contributed by atoms with Gasteiger partial charge in [-0.3, -0.25) is 0 Å². The summed E-state index contributed by atoms with van der Waals surface area (Å²) < 4.78 is 0. The normalized spacial score (nSPS) is 10.6. The zero-order chi connectivity index (χ0) is 13.2. The molecule has 0 aliphatic carbocycles. The smallest absolute Gasteiger partial charge is 0.164 e. The van der Waals surface area contributed by atoms with Gasteiger partial charge < -0.3 is 5.32 Å². The summed E-state index contributed by atoms with van der Waals surface area (Å²) in [6.07, 6.45) is 3.22. The monoisotopic (exact) mass is 270 g/mol. The van der Waals surface area contributed by atoms with Crippen LogP contribution in [0.25, 0.3) is 11.0 Å². The second-order valence-electron chi connectivity index (χ2n) is 4.18. The lowest BCUT2D eigenvalue weighted by Gasteiger charge is -2.10. The molecule has 1 aromatic carbocycles. The molecule has 2 heterocycles. The van der Waals surface area contributed by atoms with E-state index in [1.54, 1.807) is 6.20 Å².